The quantitative estimate of drug-likeness (QED) is 0.831. The maximum atomic E-state index is 11.6. The van der Waals surface area contributed by atoms with Crippen LogP contribution in [0.4, 0.5) is 11.6 Å². The number of imidazole rings is 1. The van der Waals surface area contributed by atoms with E-state index < -0.39 is 0 Å². The zero-order valence-corrected chi connectivity index (χ0v) is 8.47. The summed E-state index contributed by atoms with van der Waals surface area (Å²) in [6.45, 7) is 2.68. The number of nitrogens with one attached hydrogen (secondary N) is 1. The van der Waals surface area contributed by atoms with Crippen molar-refractivity contribution in [2.75, 3.05) is 11.4 Å². The predicted molar refractivity (Wildman–Crippen MR) is 57.8 cm³/mol. The van der Waals surface area contributed by atoms with Gasteiger partial charge in [-0.2, -0.15) is 0 Å². The number of anilines is 2. The number of aromatic amines is 1. The number of para-hydroxylation sites is 2. The molecular weight excluding hydrogens is 190 g/mol. The van der Waals surface area contributed by atoms with E-state index in [0.717, 1.165) is 0 Å². The first-order chi connectivity index (χ1) is 7.33. The first kappa shape index (κ1) is 9.58. The molecule has 4 nitrogen and oxygen atoms in total. The Kier molecular flexibility index (Phi) is 2.58. The number of nitrogens with zero attached hydrogens (tertiary/aromatic N) is 2. The van der Waals surface area contributed by atoms with Crippen LogP contribution in [-0.2, 0) is 5.11 Å². The molecule has 1 heterocycles. The Hall–Kier alpha value is -1.97. The maximum absolute atomic E-state index is 11.6. The number of benzene rings is 1. The summed E-state index contributed by atoms with van der Waals surface area (Å²) in [4.78, 5) is 8.98. The summed E-state index contributed by atoms with van der Waals surface area (Å²) < 4.78 is 0. The van der Waals surface area contributed by atoms with E-state index in [0.29, 0.717) is 18.2 Å². The smallest absolute Gasteiger partial charge is 0.207 e. The van der Waals surface area contributed by atoms with Gasteiger partial charge < -0.3 is 9.88 Å². The molecule has 1 aromatic carbocycles. The van der Waals surface area contributed by atoms with Gasteiger partial charge in [-0.15, -0.1) is 0 Å². The standard InChI is InChI=1S/C11H12N3O/c1-2-14(11-12-7-8-13-11)9-5-3-4-6-10(9)15/h3-8H,2H2,1H3,(H,12,13). The summed E-state index contributed by atoms with van der Waals surface area (Å²) in [5.41, 5.74) is 0.648. The van der Waals surface area contributed by atoms with Crippen molar-refractivity contribution < 1.29 is 5.11 Å². The van der Waals surface area contributed by atoms with Crippen molar-refractivity contribution in [2.24, 2.45) is 0 Å². The van der Waals surface area contributed by atoms with Gasteiger partial charge in [0.2, 0.25) is 11.7 Å². The molecule has 0 spiro atoms. The second-order valence-electron chi connectivity index (χ2n) is 3.12. The molecule has 1 radical (unpaired) electrons. The zero-order chi connectivity index (χ0) is 10.7. The average Bonchev–Trinajstić information content (AvgIpc) is 2.75. The molecule has 0 aliphatic carbocycles. The Morgan fingerprint density at radius 2 is 2.20 bits per heavy atom. The van der Waals surface area contributed by atoms with Crippen molar-refractivity contribution in [1.29, 1.82) is 0 Å². The summed E-state index contributed by atoms with van der Waals surface area (Å²) in [5.74, 6) is 0.705. The lowest BCUT2D eigenvalue weighted by Crippen LogP contribution is -2.17. The van der Waals surface area contributed by atoms with Gasteiger partial charge in [0.25, 0.3) is 0 Å². The Labute approximate surface area is 88.2 Å². The first-order valence-corrected chi connectivity index (χ1v) is 4.86. The average molecular weight is 202 g/mol. The highest BCUT2D eigenvalue weighted by molar-refractivity contribution is 5.64. The molecule has 1 N–H and O–H groups in total. The fourth-order valence-corrected chi connectivity index (χ4v) is 1.52. The van der Waals surface area contributed by atoms with Crippen LogP contribution in [0, 0.1) is 0 Å². The molecule has 0 unspecified atom stereocenters. The van der Waals surface area contributed by atoms with E-state index in [-0.39, 0.29) is 5.75 Å². The topological polar surface area (TPSA) is 51.8 Å². The van der Waals surface area contributed by atoms with Crippen LogP contribution < -0.4 is 4.90 Å². The highest BCUT2D eigenvalue weighted by Gasteiger charge is 2.13. The van der Waals surface area contributed by atoms with Gasteiger partial charge in [0, 0.05) is 18.9 Å². The number of rotatable bonds is 3. The van der Waals surface area contributed by atoms with E-state index in [9.17, 15) is 5.11 Å². The molecule has 0 amide bonds. The van der Waals surface area contributed by atoms with Gasteiger partial charge in [-0.05, 0) is 19.1 Å². The third-order valence-corrected chi connectivity index (χ3v) is 2.21. The summed E-state index contributed by atoms with van der Waals surface area (Å²) >= 11 is 0. The molecule has 4 heteroatoms. The van der Waals surface area contributed by atoms with Gasteiger partial charge in [-0.3, -0.25) is 5.11 Å². The zero-order valence-electron chi connectivity index (χ0n) is 8.47. The molecule has 77 valence electrons. The number of aromatic nitrogens is 2. The van der Waals surface area contributed by atoms with Gasteiger partial charge in [0.05, 0.1) is 5.69 Å². The van der Waals surface area contributed by atoms with Crippen molar-refractivity contribution >= 4 is 11.6 Å². The van der Waals surface area contributed by atoms with Gasteiger partial charge >= 0.3 is 0 Å². The van der Waals surface area contributed by atoms with Crippen LogP contribution in [0.1, 0.15) is 6.92 Å². The maximum Gasteiger partial charge on any atom is 0.207 e. The Balaban J connectivity index is 2.40. The third-order valence-electron chi connectivity index (χ3n) is 2.21. The fraction of sp³-hybridized carbons (Fsp3) is 0.182. The fourth-order valence-electron chi connectivity index (χ4n) is 1.52. The minimum atomic E-state index is 0.00995. The molecule has 15 heavy (non-hydrogen) atoms. The molecule has 2 rings (SSSR count). The number of hydrogen-bond acceptors (Lipinski definition) is 2. The second kappa shape index (κ2) is 4.04. The minimum Gasteiger partial charge on any atom is -0.331 e. The van der Waals surface area contributed by atoms with E-state index in [1.54, 1.807) is 30.6 Å². The highest BCUT2D eigenvalue weighted by atomic mass is 16.3. The third kappa shape index (κ3) is 1.79. The van der Waals surface area contributed by atoms with Crippen molar-refractivity contribution in [3.63, 3.8) is 0 Å². The van der Waals surface area contributed by atoms with Crippen LogP contribution >= 0.6 is 0 Å². The molecule has 0 fully saturated rings. The Bertz CT molecular complexity index is 425. The van der Waals surface area contributed by atoms with Crippen LogP contribution in [-0.4, -0.2) is 16.5 Å². The van der Waals surface area contributed by atoms with E-state index in [4.69, 9.17) is 0 Å². The summed E-state index contributed by atoms with van der Waals surface area (Å²) in [7, 11) is 0. The van der Waals surface area contributed by atoms with Crippen LogP contribution in [0.25, 0.3) is 0 Å². The van der Waals surface area contributed by atoms with Crippen molar-refractivity contribution in [2.45, 2.75) is 6.92 Å². The lowest BCUT2D eigenvalue weighted by molar-refractivity contribution is 0.355. The van der Waals surface area contributed by atoms with Crippen molar-refractivity contribution in [3.05, 3.63) is 36.7 Å². The monoisotopic (exact) mass is 202 g/mol. The van der Waals surface area contributed by atoms with Gasteiger partial charge in [-0.25, -0.2) is 4.98 Å². The molecule has 2 aromatic rings. The lowest BCUT2D eigenvalue weighted by atomic mass is 10.2. The largest absolute Gasteiger partial charge is 0.331 e. The van der Waals surface area contributed by atoms with E-state index in [1.165, 1.54) is 0 Å². The molecule has 0 bridgehead atoms. The molecular formula is C11H12N3O. The Morgan fingerprint density at radius 3 is 2.80 bits per heavy atom. The molecule has 0 aliphatic heterocycles. The first-order valence-electron chi connectivity index (χ1n) is 4.86. The van der Waals surface area contributed by atoms with E-state index >= 15 is 0 Å². The van der Waals surface area contributed by atoms with Crippen LogP contribution in [0.2, 0.25) is 0 Å². The number of hydrogen-bond donors (Lipinski definition) is 1. The Morgan fingerprint density at radius 1 is 1.40 bits per heavy atom. The highest BCUT2D eigenvalue weighted by Crippen LogP contribution is 2.30. The second-order valence-corrected chi connectivity index (χ2v) is 3.12. The minimum absolute atomic E-state index is 0.00995. The van der Waals surface area contributed by atoms with E-state index in [1.807, 2.05) is 17.9 Å². The van der Waals surface area contributed by atoms with Gasteiger partial charge in [0.15, 0.2) is 0 Å². The lowest BCUT2D eigenvalue weighted by Gasteiger charge is -2.19. The van der Waals surface area contributed by atoms with Crippen molar-refractivity contribution in [3.8, 4) is 5.75 Å². The summed E-state index contributed by atoms with van der Waals surface area (Å²) in [6, 6.07) is 6.94. The van der Waals surface area contributed by atoms with E-state index in [2.05, 4.69) is 9.97 Å². The molecule has 0 saturated heterocycles. The molecule has 1 aromatic heterocycles. The van der Waals surface area contributed by atoms with Crippen LogP contribution in [0.5, 0.6) is 5.75 Å². The van der Waals surface area contributed by atoms with Gasteiger partial charge in [0.1, 0.15) is 0 Å². The molecule has 0 atom stereocenters. The van der Waals surface area contributed by atoms with Crippen LogP contribution in [0.15, 0.2) is 36.7 Å². The van der Waals surface area contributed by atoms with Crippen LogP contribution in [0.3, 0.4) is 0 Å². The normalized spacial score (nSPS) is 10.2. The predicted octanol–water partition coefficient (Wildman–Crippen LogP) is 2.71. The van der Waals surface area contributed by atoms with Gasteiger partial charge in [-0.1, -0.05) is 12.1 Å². The molecule has 0 saturated carbocycles. The van der Waals surface area contributed by atoms with Crippen molar-refractivity contribution in [1.82, 2.24) is 9.97 Å². The SMILES string of the molecule is CCN(c1ncc[nH]1)c1ccccc1[O]. The summed E-state index contributed by atoms with van der Waals surface area (Å²) in [6.07, 6.45) is 3.41. The molecule has 0 aliphatic rings. The summed E-state index contributed by atoms with van der Waals surface area (Å²) in [5, 5.41) is 11.6. The number of H-pyrrole nitrogens is 1.